The molecule has 0 unspecified atom stereocenters. The first-order valence-electron chi connectivity index (χ1n) is 4.99. The summed E-state index contributed by atoms with van der Waals surface area (Å²) in [6.45, 7) is 0.889. The molecule has 0 aliphatic rings. The molecule has 0 bridgehead atoms. The monoisotopic (exact) mass is 260 g/mol. The number of nitrogens with two attached hydrogens (primary N) is 2. The Morgan fingerprint density at radius 1 is 1.29 bits per heavy atom. The van der Waals surface area contributed by atoms with Crippen LogP contribution in [-0.2, 0) is 14.8 Å². The Labute approximate surface area is 101 Å². The molecule has 0 spiro atoms. The molecule has 0 saturated heterocycles. The zero-order valence-electron chi connectivity index (χ0n) is 9.55. The zero-order valence-corrected chi connectivity index (χ0v) is 10.4. The minimum atomic E-state index is -3.83. The maximum atomic E-state index is 11.3. The summed E-state index contributed by atoms with van der Waals surface area (Å²) in [5.74, 6) is 0.206. The van der Waals surface area contributed by atoms with Gasteiger partial charge in [-0.15, -0.1) is 0 Å². The van der Waals surface area contributed by atoms with E-state index in [2.05, 4.69) is 0 Å². The van der Waals surface area contributed by atoms with E-state index in [4.69, 9.17) is 20.3 Å². The lowest BCUT2D eigenvalue weighted by molar-refractivity contribution is 0.171. The molecule has 0 atom stereocenters. The van der Waals surface area contributed by atoms with E-state index in [0.717, 1.165) is 0 Å². The number of anilines is 1. The second kappa shape index (κ2) is 5.85. The van der Waals surface area contributed by atoms with Gasteiger partial charge in [0.1, 0.15) is 10.6 Å². The molecular weight excluding hydrogens is 244 g/mol. The number of benzene rings is 1. The summed E-state index contributed by atoms with van der Waals surface area (Å²) >= 11 is 0. The Balaban J connectivity index is 2.84. The number of rotatable bonds is 6. The molecule has 1 aromatic rings. The Morgan fingerprint density at radius 2 is 2.00 bits per heavy atom. The van der Waals surface area contributed by atoms with Crippen molar-refractivity contribution in [2.24, 2.45) is 5.14 Å². The number of hydrogen-bond donors (Lipinski definition) is 2. The molecule has 7 heteroatoms. The molecule has 96 valence electrons. The second-order valence-electron chi connectivity index (χ2n) is 3.45. The zero-order chi connectivity index (χ0) is 12.9. The van der Waals surface area contributed by atoms with Gasteiger partial charge in [0.25, 0.3) is 0 Å². The van der Waals surface area contributed by atoms with Crippen molar-refractivity contribution in [2.45, 2.75) is 11.3 Å². The molecule has 0 fully saturated rings. The van der Waals surface area contributed by atoms with E-state index in [1.807, 2.05) is 0 Å². The van der Waals surface area contributed by atoms with Gasteiger partial charge in [-0.2, -0.15) is 0 Å². The Morgan fingerprint density at radius 3 is 2.59 bits per heavy atom. The highest BCUT2D eigenvalue weighted by Crippen LogP contribution is 2.25. The van der Waals surface area contributed by atoms with E-state index >= 15 is 0 Å². The van der Waals surface area contributed by atoms with Gasteiger partial charge in [0.2, 0.25) is 10.0 Å². The molecule has 17 heavy (non-hydrogen) atoms. The molecule has 4 N–H and O–H groups in total. The van der Waals surface area contributed by atoms with E-state index in [1.54, 1.807) is 13.2 Å². The fourth-order valence-electron chi connectivity index (χ4n) is 1.25. The minimum Gasteiger partial charge on any atom is -0.492 e. The van der Waals surface area contributed by atoms with Crippen LogP contribution in [0.25, 0.3) is 0 Å². The maximum Gasteiger partial charge on any atom is 0.241 e. The van der Waals surface area contributed by atoms with Crippen LogP contribution in [-0.4, -0.2) is 28.7 Å². The van der Waals surface area contributed by atoms with Crippen LogP contribution in [0.5, 0.6) is 5.75 Å². The van der Waals surface area contributed by atoms with Gasteiger partial charge in [0, 0.05) is 25.8 Å². The van der Waals surface area contributed by atoms with Crippen molar-refractivity contribution >= 4 is 15.7 Å². The van der Waals surface area contributed by atoms with Crippen LogP contribution >= 0.6 is 0 Å². The van der Waals surface area contributed by atoms with Gasteiger partial charge in [-0.25, -0.2) is 13.6 Å². The molecular formula is C10H16N2O4S. The van der Waals surface area contributed by atoms with Gasteiger partial charge >= 0.3 is 0 Å². The van der Waals surface area contributed by atoms with Crippen LogP contribution in [0.4, 0.5) is 5.69 Å². The second-order valence-corrected chi connectivity index (χ2v) is 4.98. The molecule has 0 aliphatic carbocycles. The molecule has 0 saturated carbocycles. The average molecular weight is 260 g/mol. The first-order chi connectivity index (χ1) is 7.95. The van der Waals surface area contributed by atoms with Crippen LogP contribution in [0.2, 0.25) is 0 Å². The van der Waals surface area contributed by atoms with Crippen molar-refractivity contribution in [2.75, 3.05) is 26.1 Å². The summed E-state index contributed by atoms with van der Waals surface area (Å²) in [7, 11) is -2.25. The molecule has 0 amide bonds. The molecule has 1 aromatic carbocycles. The summed E-state index contributed by atoms with van der Waals surface area (Å²) in [6.07, 6.45) is 0.658. The Kier molecular flexibility index (Phi) is 4.73. The van der Waals surface area contributed by atoms with Gasteiger partial charge < -0.3 is 15.2 Å². The van der Waals surface area contributed by atoms with Gasteiger partial charge in [-0.05, 0) is 18.2 Å². The van der Waals surface area contributed by atoms with E-state index < -0.39 is 10.0 Å². The molecule has 0 heterocycles. The van der Waals surface area contributed by atoms with Crippen molar-refractivity contribution in [3.05, 3.63) is 18.2 Å². The van der Waals surface area contributed by atoms with E-state index in [0.29, 0.717) is 25.3 Å². The molecule has 6 nitrogen and oxygen atoms in total. The van der Waals surface area contributed by atoms with Crippen LogP contribution in [0, 0.1) is 0 Å². The molecule has 1 rings (SSSR count). The summed E-state index contributed by atoms with van der Waals surface area (Å²) in [6, 6.07) is 4.32. The summed E-state index contributed by atoms with van der Waals surface area (Å²) in [4.78, 5) is -0.102. The summed E-state index contributed by atoms with van der Waals surface area (Å²) in [5, 5.41) is 5.07. The fraction of sp³-hybridized carbons (Fsp3) is 0.400. The number of hydrogen-bond acceptors (Lipinski definition) is 5. The highest BCUT2D eigenvalue weighted by atomic mass is 32.2. The third-order valence-corrected chi connectivity index (χ3v) is 2.96. The highest BCUT2D eigenvalue weighted by Gasteiger charge is 2.15. The van der Waals surface area contributed by atoms with Crippen molar-refractivity contribution in [1.29, 1.82) is 0 Å². The van der Waals surface area contributed by atoms with Crippen molar-refractivity contribution < 1.29 is 17.9 Å². The van der Waals surface area contributed by atoms with E-state index in [9.17, 15) is 8.42 Å². The van der Waals surface area contributed by atoms with Gasteiger partial charge in [0.05, 0.1) is 6.61 Å². The number of ether oxygens (including phenoxy) is 2. The lowest BCUT2D eigenvalue weighted by Crippen LogP contribution is -2.15. The normalized spacial score (nSPS) is 11.4. The first-order valence-corrected chi connectivity index (χ1v) is 6.54. The summed E-state index contributed by atoms with van der Waals surface area (Å²) < 4.78 is 32.8. The van der Waals surface area contributed by atoms with Crippen molar-refractivity contribution in [1.82, 2.24) is 0 Å². The maximum absolute atomic E-state index is 11.3. The smallest absolute Gasteiger partial charge is 0.241 e. The van der Waals surface area contributed by atoms with Gasteiger partial charge in [0.15, 0.2) is 0 Å². The fourth-order valence-corrected chi connectivity index (χ4v) is 1.96. The van der Waals surface area contributed by atoms with E-state index in [1.165, 1.54) is 12.1 Å². The van der Waals surface area contributed by atoms with Gasteiger partial charge in [-0.1, -0.05) is 0 Å². The largest absolute Gasteiger partial charge is 0.492 e. The van der Waals surface area contributed by atoms with Gasteiger partial charge in [-0.3, -0.25) is 0 Å². The first kappa shape index (κ1) is 13.8. The lowest BCUT2D eigenvalue weighted by Gasteiger charge is -2.10. The number of sulfonamides is 1. The van der Waals surface area contributed by atoms with Crippen LogP contribution in [0.3, 0.4) is 0 Å². The van der Waals surface area contributed by atoms with Crippen LogP contribution < -0.4 is 15.6 Å². The topological polar surface area (TPSA) is 105 Å². The number of nitrogen functional groups attached to an aromatic ring is 1. The predicted octanol–water partition coefficient (Wildman–Crippen LogP) is 0.332. The standard InChI is InChI=1S/C10H16N2O4S/c1-15-5-2-6-16-9-4-3-8(11)7-10(9)17(12,13)14/h3-4,7H,2,5-6,11H2,1H3,(H2,12,13,14). The number of primary sulfonamides is 1. The minimum absolute atomic E-state index is 0.102. The number of methoxy groups -OCH3 is 1. The third kappa shape index (κ3) is 4.22. The van der Waals surface area contributed by atoms with Crippen molar-refractivity contribution in [3.63, 3.8) is 0 Å². The SMILES string of the molecule is COCCCOc1ccc(N)cc1S(N)(=O)=O. The van der Waals surface area contributed by atoms with Crippen LogP contribution in [0.15, 0.2) is 23.1 Å². The molecule has 0 radical (unpaired) electrons. The van der Waals surface area contributed by atoms with Crippen LogP contribution in [0.1, 0.15) is 6.42 Å². The highest BCUT2D eigenvalue weighted by molar-refractivity contribution is 7.89. The lowest BCUT2D eigenvalue weighted by atomic mass is 10.3. The van der Waals surface area contributed by atoms with Crippen molar-refractivity contribution in [3.8, 4) is 5.75 Å². The molecule has 0 aromatic heterocycles. The third-order valence-electron chi connectivity index (χ3n) is 2.02. The average Bonchev–Trinajstić information content (AvgIpc) is 2.25. The predicted molar refractivity (Wildman–Crippen MR) is 64.2 cm³/mol. The molecule has 0 aliphatic heterocycles. The van der Waals surface area contributed by atoms with E-state index in [-0.39, 0.29) is 10.6 Å². The Hall–Kier alpha value is -1.31. The quantitative estimate of drug-likeness (QED) is 0.566. The summed E-state index contributed by atoms with van der Waals surface area (Å²) in [5.41, 5.74) is 5.82. The Bertz CT molecular complexity index is 473.